The van der Waals surface area contributed by atoms with Gasteiger partial charge in [-0.3, -0.25) is 14.1 Å². The van der Waals surface area contributed by atoms with Crippen molar-refractivity contribution in [3.05, 3.63) is 17.3 Å². The van der Waals surface area contributed by atoms with Crippen LogP contribution in [-0.4, -0.2) is 59.5 Å². The number of anilines is 1. The van der Waals surface area contributed by atoms with E-state index in [2.05, 4.69) is 4.98 Å². The number of hydrogen-bond donors (Lipinski definition) is 0. The highest BCUT2D eigenvalue weighted by atomic mass is 32.1. The number of aldehydes is 1. The Balaban J connectivity index is 1.73. The van der Waals surface area contributed by atoms with Crippen LogP contribution in [0.1, 0.15) is 10.5 Å². The number of nitrogens with zero attached hydrogens (tertiary/aromatic N) is 4. The first-order valence-corrected chi connectivity index (χ1v) is 7.31. The van der Waals surface area contributed by atoms with Crippen LogP contribution in [0.4, 0.5) is 19.0 Å². The highest BCUT2D eigenvalue weighted by Gasteiger charge is 2.32. The van der Waals surface area contributed by atoms with Crippen molar-refractivity contribution < 1.29 is 18.0 Å². The van der Waals surface area contributed by atoms with E-state index in [1.807, 2.05) is 10.3 Å². The minimum Gasteiger partial charge on any atom is -0.352 e. The Morgan fingerprint density at radius 1 is 1.29 bits per heavy atom. The molecule has 21 heavy (non-hydrogen) atoms. The molecule has 0 aromatic carbocycles. The van der Waals surface area contributed by atoms with Gasteiger partial charge in [-0.25, -0.2) is 4.98 Å². The normalized spacial score (nSPS) is 17.6. The highest BCUT2D eigenvalue weighted by Crippen LogP contribution is 2.25. The van der Waals surface area contributed by atoms with Crippen molar-refractivity contribution >= 4 is 28.4 Å². The molecule has 1 saturated heterocycles. The number of imidazole rings is 1. The quantitative estimate of drug-likeness (QED) is 0.811. The van der Waals surface area contributed by atoms with E-state index in [1.54, 1.807) is 10.6 Å². The number of rotatable bonds is 3. The lowest BCUT2D eigenvalue weighted by Gasteiger charge is -2.35. The van der Waals surface area contributed by atoms with Gasteiger partial charge in [-0.1, -0.05) is 0 Å². The maximum Gasteiger partial charge on any atom is 0.401 e. The monoisotopic (exact) mass is 318 g/mol. The Bertz CT molecular complexity index is 642. The first-order valence-electron chi connectivity index (χ1n) is 6.43. The topological polar surface area (TPSA) is 40.9 Å². The molecule has 2 aromatic heterocycles. The number of carbonyl (C=O) groups is 1. The summed E-state index contributed by atoms with van der Waals surface area (Å²) in [5.74, 6) is 0.559. The zero-order valence-electron chi connectivity index (χ0n) is 11.0. The maximum absolute atomic E-state index is 12.4. The minimum absolute atomic E-state index is 0.309. The summed E-state index contributed by atoms with van der Waals surface area (Å²) in [6.07, 6.45) is -1.67. The average molecular weight is 318 g/mol. The van der Waals surface area contributed by atoms with Gasteiger partial charge in [-0.2, -0.15) is 13.2 Å². The number of alkyl halides is 3. The number of hydrogen-bond acceptors (Lipinski definition) is 5. The standard InChI is InChI=1S/C12H13F3N4OS/c13-12(14,15)8-17-1-3-18(4-2-17)10-9(7-20)19-5-6-21-11(19)16-10/h5-7H,1-4,8H2. The van der Waals surface area contributed by atoms with E-state index < -0.39 is 12.7 Å². The molecule has 2 aromatic rings. The molecule has 0 atom stereocenters. The second-order valence-corrected chi connectivity index (χ2v) is 5.75. The summed E-state index contributed by atoms with van der Waals surface area (Å²) in [6.45, 7) is 0.592. The first-order chi connectivity index (χ1) is 9.98. The van der Waals surface area contributed by atoms with Crippen LogP contribution in [0.25, 0.3) is 4.96 Å². The molecule has 0 bridgehead atoms. The fourth-order valence-corrected chi connectivity index (χ4v) is 3.22. The van der Waals surface area contributed by atoms with Crippen LogP contribution in [0.15, 0.2) is 11.6 Å². The molecule has 1 aliphatic heterocycles. The summed E-state index contributed by atoms with van der Waals surface area (Å²) in [4.78, 5) is 19.6. The maximum atomic E-state index is 12.4. The zero-order chi connectivity index (χ0) is 15.0. The molecule has 0 amide bonds. The van der Waals surface area contributed by atoms with Crippen molar-refractivity contribution in [2.24, 2.45) is 0 Å². The smallest absolute Gasteiger partial charge is 0.352 e. The van der Waals surface area contributed by atoms with Gasteiger partial charge in [0.1, 0.15) is 5.69 Å². The molecule has 0 aliphatic carbocycles. The molecule has 9 heteroatoms. The lowest BCUT2D eigenvalue weighted by atomic mass is 10.3. The van der Waals surface area contributed by atoms with Crippen LogP contribution in [0.3, 0.4) is 0 Å². The average Bonchev–Trinajstić information content (AvgIpc) is 2.97. The van der Waals surface area contributed by atoms with Crippen molar-refractivity contribution in [2.75, 3.05) is 37.6 Å². The summed E-state index contributed by atoms with van der Waals surface area (Å²) in [6, 6.07) is 0. The van der Waals surface area contributed by atoms with Crippen LogP contribution < -0.4 is 4.90 Å². The van der Waals surface area contributed by atoms with Crippen LogP contribution >= 0.6 is 11.3 Å². The Morgan fingerprint density at radius 2 is 2.00 bits per heavy atom. The summed E-state index contributed by atoms with van der Waals surface area (Å²) in [5.41, 5.74) is 0.454. The Hall–Kier alpha value is -1.61. The van der Waals surface area contributed by atoms with E-state index in [9.17, 15) is 18.0 Å². The molecule has 3 heterocycles. The van der Waals surface area contributed by atoms with Gasteiger partial charge in [0.2, 0.25) is 0 Å². The van der Waals surface area contributed by atoms with E-state index in [4.69, 9.17) is 0 Å². The van der Waals surface area contributed by atoms with Crippen LogP contribution in [0.2, 0.25) is 0 Å². The second-order valence-electron chi connectivity index (χ2n) is 4.87. The first kappa shape index (κ1) is 14.3. The molecule has 1 fully saturated rings. The molecule has 114 valence electrons. The van der Waals surface area contributed by atoms with Crippen molar-refractivity contribution in [3.8, 4) is 0 Å². The predicted molar refractivity (Wildman–Crippen MR) is 73.2 cm³/mol. The summed E-state index contributed by atoms with van der Waals surface area (Å²) in [5, 5.41) is 1.83. The van der Waals surface area contributed by atoms with Crippen molar-refractivity contribution in [1.29, 1.82) is 0 Å². The van der Waals surface area contributed by atoms with Gasteiger partial charge in [-0.05, 0) is 0 Å². The fraction of sp³-hybridized carbons (Fsp3) is 0.500. The highest BCUT2D eigenvalue weighted by molar-refractivity contribution is 7.15. The van der Waals surface area contributed by atoms with Gasteiger partial charge in [0, 0.05) is 37.8 Å². The van der Waals surface area contributed by atoms with Gasteiger partial charge in [0.15, 0.2) is 17.1 Å². The van der Waals surface area contributed by atoms with Gasteiger partial charge in [-0.15, -0.1) is 11.3 Å². The number of halogens is 3. The van der Waals surface area contributed by atoms with E-state index in [0.29, 0.717) is 42.7 Å². The predicted octanol–water partition coefficient (Wildman–Crippen LogP) is 1.89. The fourth-order valence-electron chi connectivity index (χ4n) is 2.51. The molecule has 0 radical (unpaired) electrons. The zero-order valence-corrected chi connectivity index (χ0v) is 11.8. The Labute approximate surface area is 122 Å². The van der Waals surface area contributed by atoms with E-state index in [1.165, 1.54) is 16.2 Å². The van der Waals surface area contributed by atoms with Crippen molar-refractivity contribution in [3.63, 3.8) is 0 Å². The lowest BCUT2D eigenvalue weighted by molar-refractivity contribution is -0.146. The summed E-state index contributed by atoms with van der Waals surface area (Å²) >= 11 is 1.42. The molecular weight excluding hydrogens is 305 g/mol. The van der Waals surface area contributed by atoms with Gasteiger partial charge in [0.05, 0.1) is 6.54 Å². The third-order valence-corrected chi connectivity index (χ3v) is 4.22. The number of thiazole rings is 1. The van der Waals surface area contributed by atoms with E-state index >= 15 is 0 Å². The Morgan fingerprint density at radius 3 is 2.62 bits per heavy atom. The molecule has 0 unspecified atom stereocenters. The van der Waals surface area contributed by atoms with E-state index in [-0.39, 0.29) is 0 Å². The molecule has 0 spiro atoms. The second kappa shape index (κ2) is 5.30. The number of fused-ring (bicyclic) bond motifs is 1. The van der Waals surface area contributed by atoms with E-state index in [0.717, 1.165) is 6.29 Å². The SMILES string of the molecule is O=Cc1c(N2CCN(CC(F)(F)F)CC2)nc2sccn12. The molecule has 3 rings (SSSR count). The van der Waals surface area contributed by atoms with Crippen LogP contribution in [0, 0.1) is 0 Å². The molecule has 0 saturated carbocycles. The molecule has 1 aliphatic rings. The van der Waals surface area contributed by atoms with Crippen molar-refractivity contribution in [1.82, 2.24) is 14.3 Å². The lowest BCUT2D eigenvalue weighted by Crippen LogP contribution is -2.49. The molecular formula is C12H13F3N4OS. The summed E-state index contributed by atoms with van der Waals surface area (Å²) in [7, 11) is 0. The third-order valence-electron chi connectivity index (χ3n) is 3.47. The van der Waals surface area contributed by atoms with Gasteiger partial charge < -0.3 is 4.90 Å². The van der Waals surface area contributed by atoms with Crippen LogP contribution in [-0.2, 0) is 0 Å². The number of piperazine rings is 1. The molecule has 0 N–H and O–H groups in total. The Kier molecular flexibility index (Phi) is 3.62. The summed E-state index contributed by atoms with van der Waals surface area (Å²) < 4.78 is 38.8. The molecule has 5 nitrogen and oxygen atoms in total. The number of aromatic nitrogens is 2. The minimum atomic E-state index is -4.17. The third kappa shape index (κ3) is 2.88. The number of carbonyl (C=O) groups excluding carboxylic acids is 1. The largest absolute Gasteiger partial charge is 0.401 e. The van der Waals surface area contributed by atoms with Gasteiger partial charge in [0.25, 0.3) is 0 Å². The van der Waals surface area contributed by atoms with Crippen LogP contribution in [0.5, 0.6) is 0 Å². The van der Waals surface area contributed by atoms with Gasteiger partial charge >= 0.3 is 6.18 Å². The van der Waals surface area contributed by atoms with Crippen molar-refractivity contribution in [2.45, 2.75) is 6.18 Å².